The van der Waals surface area contributed by atoms with Gasteiger partial charge in [-0.2, -0.15) is 51.6 Å². The normalized spacial score (nSPS) is 16.4. The van der Waals surface area contributed by atoms with Crippen molar-refractivity contribution in [3.05, 3.63) is 0 Å². The zero-order valence-corrected chi connectivity index (χ0v) is 12.1. The molecule has 0 heterocycles. The van der Waals surface area contributed by atoms with Crippen LogP contribution in [0.15, 0.2) is 0 Å². The maximum atomic E-state index is 13.7. The third-order valence-corrected chi connectivity index (χ3v) is 4.96. The monoisotopic (exact) mass is 424 g/mol. The maximum Gasteiger partial charge on any atom is 0.417 e. The van der Waals surface area contributed by atoms with E-state index >= 15 is 0 Å². The third kappa shape index (κ3) is 2.77. The van der Waals surface area contributed by atoms with E-state index in [0.717, 1.165) is 0 Å². The summed E-state index contributed by atoms with van der Waals surface area (Å²) in [5.41, 5.74) is -7.87. The Hall–Kier alpha value is -0.760. The van der Waals surface area contributed by atoms with Gasteiger partial charge in [-0.3, -0.25) is 13.7 Å². The topological polar surface area (TPSA) is 163 Å². The first-order valence-electron chi connectivity index (χ1n) is 4.23. The lowest BCUT2D eigenvalue weighted by Crippen LogP contribution is -2.73. The van der Waals surface area contributed by atoms with Crippen molar-refractivity contribution in [2.45, 2.75) is 21.4 Å². The highest BCUT2D eigenvalue weighted by molar-refractivity contribution is 7.89. The van der Waals surface area contributed by atoms with Gasteiger partial charge in [0.2, 0.25) is 0 Å². The Kier molecular flexibility index (Phi) is 4.95. The Bertz CT molecular complexity index is 687. The van der Waals surface area contributed by atoms with Gasteiger partial charge in [0, 0.05) is 0 Å². The average Bonchev–Trinajstić information content (AvgIpc) is 2.22. The molecule has 0 aromatic heterocycles. The molecule has 19 heteroatoms. The van der Waals surface area contributed by atoms with Crippen molar-refractivity contribution in [3.63, 3.8) is 0 Å². The van der Waals surface area contributed by atoms with E-state index in [2.05, 4.69) is 0 Å². The van der Waals surface area contributed by atoms with Crippen LogP contribution in [0.25, 0.3) is 0 Å². The summed E-state index contributed by atoms with van der Waals surface area (Å²) in [5, 5.41) is -22.6. The third-order valence-electron chi connectivity index (χ3n) is 2.18. The summed E-state index contributed by atoms with van der Waals surface area (Å²) in [6.07, 6.45) is 0. The fourth-order valence-electron chi connectivity index (χ4n) is 1.04. The van der Waals surface area contributed by atoms with Crippen LogP contribution in [-0.4, -0.2) is 60.3 Å². The Labute approximate surface area is 122 Å². The van der Waals surface area contributed by atoms with Crippen LogP contribution in [0.3, 0.4) is 0 Å². The smallest absolute Gasteiger partial charge is 0.281 e. The molecule has 0 aliphatic rings. The van der Waals surface area contributed by atoms with E-state index in [1.165, 1.54) is 0 Å². The minimum absolute atomic E-state index is 7.54. The minimum atomic E-state index is -7.87. The summed E-state index contributed by atoms with van der Waals surface area (Å²) in [5.74, 6) is 0. The van der Waals surface area contributed by atoms with Gasteiger partial charge in [-0.1, -0.05) is 0 Å². The standard InChI is InChI=1S/C4H3F7O9S3/c5-1(2(6,7)21(12,13)14,3(8,9)22(15,16)17)4(10,11)23(18,19)20/h(H,12,13,14)(H,15,16,17)(H,18,19,20). The van der Waals surface area contributed by atoms with Crippen LogP contribution in [0.2, 0.25) is 0 Å². The highest BCUT2D eigenvalue weighted by Gasteiger charge is 2.92. The molecular weight excluding hydrogens is 421 g/mol. The highest BCUT2D eigenvalue weighted by atomic mass is 32.2. The number of rotatable bonds is 6. The lowest BCUT2D eigenvalue weighted by Gasteiger charge is -2.38. The first-order chi connectivity index (χ1) is 9.50. The van der Waals surface area contributed by atoms with Gasteiger partial charge in [0.25, 0.3) is 0 Å². The Balaban J connectivity index is 7.40. The first kappa shape index (κ1) is 22.2. The zero-order valence-electron chi connectivity index (χ0n) is 9.66. The summed E-state index contributed by atoms with van der Waals surface area (Å²) in [7, 11) is -23.0. The van der Waals surface area contributed by atoms with E-state index in [-0.39, 0.29) is 0 Å². The molecule has 0 spiro atoms. The van der Waals surface area contributed by atoms with Crippen molar-refractivity contribution in [1.82, 2.24) is 0 Å². The van der Waals surface area contributed by atoms with Crippen LogP contribution in [0.1, 0.15) is 0 Å². The molecule has 0 aromatic carbocycles. The van der Waals surface area contributed by atoms with Crippen molar-refractivity contribution in [1.29, 1.82) is 0 Å². The van der Waals surface area contributed by atoms with E-state index in [1.54, 1.807) is 0 Å². The molecule has 140 valence electrons. The van der Waals surface area contributed by atoms with Crippen molar-refractivity contribution >= 4 is 30.4 Å². The summed E-state index contributed by atoms with van der Waals surface area (Å²) in [6.45, 7) is 0. The molecule has 0 amide bonds. The molecule has 3 N–H and O–H groups in total. The van der Waals surface area contributed by atoms with E-state index in [9.17, 15) is 56.0 Å². The lowest BCUT2D eigenvalue weighted by molar-refractivity contribution is -0.250. The van der Waals surface area contributed by atoms with Gasteiger partial charge in [0.1, 0.15) is 0 Å². The summed E-state index contributed by atoms with van der Waals surface area (Å²) in [6, 6.07) is 0. The lowest BCUT2D eigenvalue weighted by atomic mass is 10.1. The molecule has 0 atom stereocenters. The fraction of sp³-hybridized carbons (Fsp3) is 1.00. The molecule has 0 aromatic rings. The highest BCUT2D eigenvalue weighted by Crippen LogP contribution is 2.58. The minimum Gasteiger partial charge on any atom is -0.281 e. The molecule has 0 fully saturated rings. The summed E-state index contributed by atoms with van der Waals surface area (Å²) in [4.78, 5) is 0. The van der Waals surface area contributed by atoms with Crippen LogP contribution in [0.4, 0.5) is 30.7 Å². The molecule has 0 rings (SSSR count). The first-order valence-corrected chi connectivity index (χ1v) is 8.55. The second-order valence-electron chi connectivity index (χ2n) is 3.63. The van der Waals surface area contributed by atoms with Gasteiger partial charge in [-0.05, 0) is 0 Å². The van der Waals surface area contributed by atoms with Crippen LogP contribution < -0.4 is 0 Å². The molecule has 0 aliphatic carbocycles. The van der Waals surface area contributed by atoms with Crippen LogP contribution in [0, 0.1) is 0 Å². The Morgan fingerprint density at radius 1 is 0.478 bits per heavy atom. The van der Waals surface area contributed by atoms with Crippen molar-refractivity contribution in [2.24, 2.45) is 0 Å². The number of halogens is 7. The second kappa shape index (κ2) is 5.12. The Morgan fingerprint density at radius 3 is 0.696 bits per heavy atom. The van der Waals surface area contributed by atoms with E-state index < -0.39 is 51.8 Å². The van der Waals surface area contributed by atoms with Gasteiger partial charge in [-0.25, -0.2) is 4.39 Å². The molecule has 23 heavy (non-hydrogen) atoms. The molecule has 0 bridgehead atoms. The van der Waals surface area contributed by atoms with Gasteiger partial charge in [0.05, 0.1) is 0 Å². The van der Waals surface area contributed by atoms with Gasteiger partial charge >= 0.3 is 51.8 Å². The number of hydrogen-bond acceptors (Lipinski definition) is 6. The van der Waals surface area contributed by atoms with Crippen LogP contribution in [0.5, 0.6) is 0 Å². The summed E-state index contributed by atoms with van der Waals surface area (Å²) < 4.78 is 177. The molecule has 0 radical (unpaired) electrons. The van der Waals surface area contributed by atoms with E-state index in [1.807, 2.05) is 0 Å². The van der Waals surface area contributed by atoms with Crippen LogP contribution in [-0.2, 0) is 30.4 Å². The van der Waals surface area contributed by atoms with Gasteiger partial charge < -0.3 is 0 Å². The molecule has 0 unspecified atom stereocenters. The second-order valence-corrected chi connectivity index (χ2v) is 8.02. The average molecular weight is 424 g/mol. The van der Waals surface area contributed by atoms with Gasteiger partial charge in [-0.15, -0.1) is 0 Å². The zero-order chi connectivity index (χ0) is 19.5. The molecule has 0 saturated heterocycles. The van der Waals surface area contributed by atoms with E-state index in [4.69, 9.17) is 13.7 Å². The molecule has 0 saturated carbocycles. The van der Waals surface area contributed by atoms with Crippen molar-refractivity contribution < 1.29 is 69.6 Å². The number of alkyl halides is 7. The molecular formula is C4H3F7O9S3. The maximum absolute atomic E-state index is 13.7. The summed E-state index contributed by atoms with van der Waals surface area (Å²) >= 11 is 0. The molecule has 9 nitrogen and oxygen atoms in total. The molecule has 0 aliphatic heterocycles. The quantitative estimate of drug-likeness (QED) is 0.397. The predicted octanol–water partition coefficient (Wildman–Crippen LogP) is 0.137. The van der Waals surface area contributed by atoms with Crippen LogP contribution >= 0.6 is 0 Å². The number of hydrogen-bond donors (Lipinski definition) is 3. The Morgan fingerprint density at radius 2 is 0.609 bits per heavy atom. The largest absolute Gasteiger partial charge is 0.417 e. The SMILES string of the molecule is O=S(=O)(O)C(F)(F)C(F)(C(F)(F)S(=O)(=O)O)C(F)(F)S(=O)(=O)O. The van der Waals surface area contributed by atoms with Crippen molar-refractivity contribution in [2.75, 3.05) is 0 Å². The predicted molar refractivity (Wildman–Crippen MR) is 53.3 cm³/mol. The van der Waals surface area contributed by atoms with Crippen molar-refractivity contribution in [3.8, 4) is 0 Å². The van der Waals surface area contributed by atoms with E-state index in [0.29, 0.717) is 0 Å². The van der Waals surface area contributed by atoms with Gasteiger partial charge in [0.15, 0.2) is 0 Å². The fourth-order valence-corrected chi connectivity index (χ4v) is 3.07.